The zero-order valence-corrected chi connectivity index (χ0v) is 15.1. The molecule has 0 radical (unpaired) electrons. The maximum atomic E-state index is 4.68. The molecule has 4 heterocycles. The highest BCUT2D eigenvalue weighted by atomic mass is 15.3. The van der Waals surface area contributed by atoms with Crippen molar-refractivity contribution in [2.75, 3.05) is 44.2 Å². The van der Waals surface area contributed by atoms with E-state index in [1.165, 1.54) is 18.4 Å². The number of pyridine rings is 1. The van der Waals surface area contributed by atoms with Gasteiger partial charge in [-0.05, 0) is 24.5 Å². The summed E-state index contributed by atoms with van der Waals surface area (Å²) in [4.78, 5) is 16.5. The van der Waals surface area contributed by atoms with Crippen LogP contribution in [0.1, 0.15) is 24.2 Å². The molecular formula is C19H28N6. The minimum Gasteiger partial charge on any atom is -0.357 e. The van der Waals surface area contributed by atoms with E-state index in [1.54, 1.807) is 0 Å². The number of imidazole rings is 1. The van der Waals surface area contributed by atoms with Gasteiger partial charge in [0.15, 0.2) is 0 Å². The summed E-state index contributed by atoms with van der Waals surface area (Å²) in [6, 6.07) is 4.44. The standard InChI is InChI=1S/C19H28N6/c1-22-9-6-20-19(22)16-24-12-10-23(11-13-24)15-17-4-5-18(21-14-17)25-7-2-3-8-25/h4-6,9,14H,2-3,7-8,10-13,15-16H2,1H3. The lowest BCUT2D eigenvalue weighted by atomic mass is 10.2. The monoisotopic (exact) mass is 340 g/mol. The summed E-state index contributed by atoms with van der Waals surface area (Å²) in [5.41, 5.74) is 1.32. The normalized spacial score (nSPS) is 19.6. The summed E-state index contributed by atoms with van der Waals surface area (Å²) in [6.07, 6.45) is 8.56. The van der Waals surface area contributed by atoms with Crippen LogP contribution in [0.4, 0.5) is 5.82 Å². The Morgan fingerprint density at radius 3 is 2.20 bits per heavy atom. The molecule has 2 aromatic heterocycles. The Morgan fingerprint density at radius 2 is 1.60 bits per heavy atom. The lowest BCUT2D eigenvalue weighted by Gasteiger charge is -2.34. The van der Waals surface area contributed by atoms with E-state index in [-0.39, 0.29) is 0 Å². The summed E-state index contributed by atoms with van der Waals surface area (Å²) in [5, 5.41) is 0. The SMILES string of the molecule is Cn1ccnc1CN1CCN(Cc2ccc(N3CCCC3)nc2)CC1. The van der Waals surface area contributed by atoms with Crippen LogP contribution in [0.15, 0.2) is 30.7 Å². The van der Waals surface area contributed by atoms with Gasteiger partial charge in [-0.2, -0.15) is 0 Å². The number of anilines is 1. The first-order valence-corrected chi connectivity index (χ1v) is 9.39. The number of hydrogen-bond acceptors (Lipinski definition) is 5. The molecule has 2 saturated heterocycles. The van der Waals surface area contributed by atoms with E-state index in [0.29, 0.717) is 0 Å². The molecule has 0 aromatic carbocycles. The van der Waals surface area contributed by atoms with Crippen molar-refractivity contribution in [3.63, 3.8) is 0 Å². The number of piperazine rings is 1. The Morgan fingerprint density at radius 1 is 0.880 bits per heavy atom. The average Bonchev–Trinajstić information content (AvgIpc) is 3.30. The molecule has 0 atom stereocenters. The second-order valence-electron chi connectivity index (χ2n) is 7.23. The van der Waals surface area contributed by atoms with E-state index < -0.39 is 0 Å². The summed E-state index contributed by atoms with van der Waals surface area (Å²) in [6.45, 7) is 8.69. The van der Waals surface area contributed by atoms with Crippen molar-refractivity contribution in [1.29, 1.82) is 0 Å². The molecule has 0 saturated carbocycles. The first kappa shape index (κ1) is 16.5. The number of aromatic nitrogens is 3. The maximum Gasteiger partial charge on any atom is 0.128 e. The van der Waals surface area contributed by atoms with E-state index in [1.807, 2.05) is 12.4 Å². The van der Waals surface area contributed by atoms with Crippen molar-refractivity contribution >= 4 is 5.82 Å². The van der Waals surface area contributed by atoms with Gasteiger partial charge in [-0.1, -0.05) is 6.07 Å². The summed E-state index contributed by atoms with van der Waals surface area (Å²) in [7, 11) is 2.07. The third-order valence-electron chi connectivity index (χ3n) is 5.40. The van der Waals surface area contributed by atoms with Crippen molar-refractivity contribution in [3.8, 4) is 0 Å². The molecule has 2 aliphatic heterocycles. The van der Waals surface area contributed by atoms with E-state index in [2.05, 4.69) is 54.6 Å². The Hall–Kier alpha value is -1.92. The van der Waals surface area contributed by atoms with E-state index in [4.69, 9.17) is 0 Å². The Balaban J connectivity index is 1.26. The molecule has 25 heavy (non-hydrogen) atoms. The predicted octanol–water partition coefficient (Wildman–Crippen LogP) is 1.73. The largest absolute Gasteiger partial charge is 0.357 e. The van der Waals surface area contributed by atoms with Crippen molar-refractivity contribution in [2.24, 2.45) is 7.05 Å². The number of rotatable bonds is 5. The first-order valence-electron chi connectivity index (χ1n) is 9.39. The molecule has 0 spiro atoms. The molecule has 6 heteroatoms. The molecule has 0 N–H and O–H groups in total. The fourth-order valence-electron chi connectivity index (χ4n) is 3.76. The molecule has 2 aromatic rings. The van der Waals surface area contributed by atoms with Crippen molar-refractivity contribution in [2.45, 2.75) is 25.9 Å². The van der Waals surface area contributed by atoms with Crippen LogP contribution in [-0.4, -0.2) is 63.6 Å². The lowest BCUT2D eigenvalue weighted by molar-refractivity contribution is 0.119. The molecule has 134 valence electrons. The van der Waals surface area contributed by atoms with Gasteiger partial charge in [0.2, 0.25) is 0 Å². The van der Waals surface area contributed by atoms with E-state index in [0.717, 1.165) is 64.0 Å². The third kappa shape index (κ3) is 4.02. The Labute approximate surface area is 150 Å². The van der Waals surface area contributed by atoms with Crippen LogP contribution in [0.5, 0.6) is 0 Å². The fraction of sp³-hybridized carbons (Fsp3) is 0.579. The zero-order chi connectivity index (χ0) is 17.1. The topological polar surface area (TPSA) is 40.4 Å². The van der Waals surface area contributed by atoms with Gasteiger partial charge >= 0.3 is 0 Å². The average molecular weight is 340 g/mol. The van der Waals surface area contributed by atoms with Crippen LogP contribution < -0.4 is 4.90 Å². The highest BCUT2D eigenvalue weighted by Gasteiger charge is 2.19. The molecule has 2 fully saturated rings. The van der Waals surface area contributed by atoms with Crippen molar-refractivity contribution in [3.05, 3.63) is 42.1 Å². The quantitative estimate of drug-likeness (QED) is 0.829. The molecule has 0 bridgehead atoms. The van der Waals surface area contributed by atoms with Gasteiger partial charge in [0.05, 0.1) is 6.54 Å². The number of aryl methyl sites for hydroxylation is 1. The second-order valence-corrected chi connectivity index (χ2v) is 7.23. The zero-order valence-electron chi connectivity index (χ0n) is 15.1. The Bertz CT molecular complexity index is 665. The minimum atomic E-state index is 0.948. The number of hydrogen-bond donors (Lipinski definition) is 0. The van der Waals surface area contributed by atoms with Crippen LogP contribution in [-0.2, 0) is 20.1 Å². The van der Waals surface area contributed by atoms with Gasteiger partial charge in [0, 0.05) is 71.5 Å². The first-order chi connectivity index (χ1) is 12.3. The molecule has 0 amide bonds. The van der Waals surface area contributed by atoms with Crippen LogP contribution in [0, 0.1) is 0 Å². The summed E-state index contributed by atoms with van der Waals surface area (Å²) < 4.78 is 2.11. The van der Waals surface area contributed by atoms with Gasteiger partial charge < -0.3 is 9.47 Å². The fourth-order valence-corrected chi connectivity index (χ4v) is 3.76. The smallest absolute Gasteiger partial charge is 0.128 e. The molecule has 0 unspecified atom stereocenters. The highest BCUT2D eigenvalue weighted by molar-refractivity contribution is 5.40. The predicted molar refractivity (Wildman–Crippen MR) is 99.4 cm³/mol. The van der Waals surface area contributed by atoms with Crippen molar-refractivity contribution in [1.82, 2.24) is 24.3 Å². The molecule has 2 aliphatic rings. The van der Waals surface area contributed by atoms with Gasteiger partial charge in [-0.25, -0.2) is 9.97 Å². The Kier molecular flexibility index (Phi) is 4.99. The van der Waals surface area contributed by atoms with E-state index >= 15 is 0 Å². The van der Waals surface area contributed by atoms with Gasteiger partial charge in [0.25, 0.3) is 0 Å². The van der Waals surface area contributed by atoms with E-state index in [9.17, 15) is 0 Å². The van der Waals surface area contributed by atoms with Crippen LogP contribution in [0.3, 0.4) is 0 Å². The van der Waals surface area contributed by atoms with Crippen molar-refractivity contribution < 1.29 is 0 Å². The van der Waals surface area contributed by atoms with Gasteiger partial charge in [0.1, 0.15) is 11.6 Å². The van der Waals surface area contributed by atoms with Crippen LogP contribution in [0.2, 0.25) is 0 Å². The second kappa shape index (κ2) is 7.54. The lowest BCUT2D eigenvalue weighted by Crippen LogP contribution is -2.45. The van der Waals surface area contributed by atoms with Crippen LogP contribution >= 0.6 is 0 Å². The maximum absolute atomic E-state index is 4.68. The molecule has 6 nitrogen and oxygen atoms in total. The summed E-state index contributed by atoms with van der Waals surface area (Å²) in [5.74, 6) is 2.29. The highest BCUT2D eigenvalue weighted by Crippen LogP contribution is 2.18. The summed E-state index contributed by atoms with van der Waals surface area (Å²) >= 11 is 0. The minimum absolute atomic E-state index is 0.948. The third-order valence-corrected chi connectivity index (χ3v) is 5.40. The van der Waals surface area contributed by atoms with Gasteiger partial charge in [-0.3, -0.25) is 9.80 Å². The van der Waals surface area contributed by atoms with Gasteiger partial charge in [-0.15, -0.1) is 0 Å². The molecule has 0 aliphatic carbocycles. The molecule has 4 rings (SSSR count). The van der Waals surface area contributed by atoms with Crippen LogP contribution in [0.25, 0.3) is 0 Å². The number of nitrogens with zero attached hydrogens (tertiary/aromatic N) is 6. The molecular weight excluding hydrogens is 312 g/mol.